The Kier molecular flexibility index (Phi) is 7.29. The van der Waals surface area contributed by atoms with Crippen molar-refractivity contribution in [3.63, 3.8) is 0 Å². The second-order valence-corrected chi connectivity index (χ2v) is 8.58. The van der Waals surface area contributed by atoms with Crippen LogP contribution in [0.4, 0.5) is 4.39 Å². The van der Waals surface area contributed by atoms with Crippen molar-refractivity contribution in [2.45, 2.75) is 52.4 Å². The van der Waals surface area contributed by atoms with E-state index in [1.165, 1.54) is 12.1 Å². The molecule has 7 nitrogen and oxygen atoms in total. The van der Waals surface area contributed by atoms with E-state index < -0.39 is 29.5 Å². The first kappa shape index (κ1) is 24.5. The normalized spacial score (nSPS) is 13.5. The number of rotatable bonds is 8. The first-order valence-corrected chi connectivity index (χ1v) is 11.0. The van der Waals surface area contributed by atoms with E-state index in [1.54, 1.807) is 35.2 Å². The number of nitrogens with zero attached hydrogens (tertiary/aromatic N) is 3. The lowest BCUT2D eigenvalue weighted by atomic mass is 10.1. The van der Waals surface area contributed by atoms with Crippen LogP contribution in [0.1, 0.15) is 46.9 Å². The monoisotopic (exact) mass is 455 g/mol. The fourth-order valence-electron chi connectivity index (χ4n) is 3.62. The molecule has 0 aliphatic heterocycles. The number of aromatic nitrogens is 3. The van der Waals surface area contributed by atoms with Gasteiger partial charge < -0.3 is 14.6 Å². The summed E-state index contributed by atoms with van der Waals surface area (Å²) in [4.78, 5) is 12.4. The number of benzene rings is 2. The van der Waals surface area contributed by atoms with Crippen molar-refractivity contribution in [2.24, 2.45) is 0 Å². The van der Waals surface area contributed by atoms with Crippen molar-refractivity contribution in [2.75, 3.05) is 13.2 Å². The van der Waals surface area contributed by atoms with Gasteiger partial charge in [0.25, 0.3) is 5.82 Å². The van der Waals surface area contributed by atoms with Crippen LogP contribution in [0.15, 0.2) is 54.6 Å². The van der Waals surface area contributed by atoms with Crippen molar-refractivity contribution in [1.82, 2.24) is 9.78 Å². The van der Waals surface area contributed by atoms with E-state index in [1.807, 2.05) is 51.1 Å². The first-order valence-electron chi connectivity index (χ1n) is 11.0. The van der Waals surface area contributed by atoms with Crippen LogP contribution in [0.3, 0.4) is 0 Å². The van der Waals surface area contributed by atoms with Crippen LogP contribution in [-0.2, 0) is 25.6 Å². The first-order chi connectivity index (χ1) is 15.6. The SMILES string of the molecule is CCOC(=O)CC([O-])(OCC)c1n(C(C)(C)C)nc(-c2ccccc2)[n+]1-c1ccc(F)cc1. The Hall–Kier alpha value is -3.10. The highest BCUT2D eigenvalue weighted by atomic mass is 19.1. The van der Waals surface area contributed by atoms with Gasteiger partial charge in [-0.1, -0.05) is 18.2 Å². The predicted octanol–water partition coefficient (Wildman–Crippen LogP) is 3.22. The Morgan fingerprint density at radius 1 is 1.06 bits per heavy atom. The van der Waals surface area contributed by atoms with Crippen LogP contribution in [0, 0.1) is 5.82 Å². The lowest BCUT2D eigenvalue weighted by Crippen LogP contribution is -2.56. The Morgan fingerprint density at radius 2 is 1.70 bits per heavy atom. The number of halogens is 1. The summed E-state index contributed by atoms with van der Waals surface area (Å²) >= 11 is 0. The molecule has 0 saturated heterocycles. The summed E-state index contributed by atoms with van der Waals surface area (Å²) in [5.41, 5.74) is 0.636. The van der Waals surface area contributed by atoms with Crippen LogP contribution >= 0.6 is 0 Å². The third kappa shape index (κ3) is 5.29. The zero-order valence-corrected chi connectivity index (χ0v) is 19.7. The average molecular weight is 456 g/mol. The minimum atomic E-state index is -2.30. The maximum Gasteiger partial charge on any atom is 0.314 e. The largest absolute Gasteiger partial charge is 0.820 e. The van der Waals surface area contributed by atoms with Crippen molar-refractivity contribution in [1.29, 1.82) is 0 Å². The molecule has 176 valence electrons. The van der Waals surface area contributed by atoms with Crippen molar-refractivity contribution in [3.05, 3.63) is 66.2 Å². The molecule has 2 aromatic carbocycles. The van der Waals surface area contributed by atoms with Gasteiger partial charge >= 0.3 is 11.8 Å². The summed E-state index contributed by atoms with van der Waals surface area (Å²) in [7, 11) is 0. The van der Waals surface area contributed by atoms with Crippen LogP contribution in [-0.4, -0.2) is 29.0 Å². The number of carbonyl (C=O) groups is 1. The van der Waals surface area contributed by atoms with E-state index in [0.717, 1.165) is 5.56 Å². The molecule has 8 heteroatoms. The molecule has 3 aromatic rings. The maximum atomic E-state index is 14.3. The van der Waals surface area contributed by atoms with Gasteiger partial charge in [0.1, 0.15) is 17.0 Å². The summed E-state index contributed by atoms with van der Waals surface area (Å²) in [6.45, 7) is 9.31. The molecule has 0 amide bonds. The number of hydrogen-bond acceptors (Lipinski definition) is 5. The summed E-state index contributed by atoms with van der Waals surface area (Å²) in [5, 5.41) is 19.1. The lowest BCUT2D eigenvalue weighted by molar-refractivity contribution is -0.664. The van der Waals surface area contributed by atoms with Crippen LogP contribution in [0.2, 0.25) is 0 Å². The molecular formula is C25H30FN3O4. The molecule has 0 aliphatic rings. The Morgan fingerprint density at radius 3 is 2.24 bits per heavy atom. The van der Waals surface area contributed by atoms with Gasteiger partial charge in [-0.05, 0) is 71.0 Å². The van der Waals surface area contributed by atoms with Gasteiger partial charge in [0.15, 0.2) is 0 Å². The number of carbonyl (C=O) groups excluding carboxylic acids is 1. The van der Waals surface area contributed by atoms with Crippen LogP contribution in [0.25, 0.3) is 17.1 Å². The molecule has 1 unspecified atom stereocenters. The molecule has 0 N–H and O–H groups in total. The quantitative estimate of drug-likeness (QED) is 0.296. The highest BCUT2D eigenvalue weighted by Gasteiger charge is 2.43. The van der Waals surface area contributed by atoms with Crippen molar-refractivity contribution >= 4 is 5.97 Å². The summed E-state index contributed by atoms with van der Waals surface area (Å²) in [6, 6.07) is 15.1. The summed E-state index contributed by atoms with van der Waals surface area (Å²) in [5.74, 6) is -2.79. The summed E-state index contributed by atoms with van der Waals surface area (Å²) in [6.07, 6.45) is -0.550. The second kappa shape index (κ2) is 9.80. The van der Waals surface area contributed by atoms with Crippen LogP contribution in [0.5, 0.6) is 0 Å². The number of hydrogen-bond donors (Lipinski definition) is 0. The molecule has 33 heavy (non-hydrogen) atoms. The Balaban J connectivity index is 2.40. The van der Waals surface area contributed by atoms with Gasteiger partial charge in [-0.3, -0.25) is 4.79 Å². The molecule has 0 radical (unpaired) electrons. The Labute approximate surface area is 193 Å². The zero-order valence-electron chi connectivity index (χ0n) is 19.7. The highest BCUT2D eigenvalue weighted by Crippen LogP contribution is 2.30. The zero-order chi connectivity index (χ0) is 24.2. The highest BCUT2D eigenvalue weighted by molar-refractivity contribution is 5.70. The Bertz CT molecular complexity index is 1090. The molecular weight excluding hydrogens is 425 g/mol. The van der Waals surface area contributed by atoms with Crippen LogP contribution < -0.4 is 9.67 Å². The van der Waals surface area contributed by atoms with E-state index in [0.29, 0.717) is 11.5 Å². The van der Waals surface area contributed by atoms with Gasteiger partial charge in [0.2, 0.25) is 0 Å². The van der Waals surface area contributed by atoms with Gasteiger partial charge in [-0.15, -0.1) is 4.68 Å². The fraction of sp³-hybridized carbons (Fsp3) is 0.400. The maximum absolute atomic E-state index is 14.3. The third-order valence-electron chi connectivity index (χ3n) is 4.97. The molecule has 0 spiro atoms. The third-order valence-corrected chi connectivity index (χ3v) is 4.97. The second-order valence-electron chi connectivity index (χ2n) is 8.58. The lowest BCUT2D eigenvalue weighted by Gasteiger charge is -2.37. The average Bonchev–Trinajstić information content (AvgIpc) is 3.17. The fourth-order valence-corrected chi connectivity index (χ4v) is 3.62. The molecule has 0 aliphatic carbocycles. The van der Waals surface area contributed by atoms with E-state index >= 15 is 0 Å². The van der Waals surface area contributed by atoms with Gasteiger partial charge in [0, 0.05) is 11.7 Å². The van der Waals surface area contributed by atoms with E-state index in [4.69, 9.17) is 14.6 Å². The minimum absolute atomic E-state index is 0.0717. The minimum Gasteiger partial charge on any atom is -0.820 e. The molecule has 0 fully saturated rings. The van der Waals surface area contributed by atoms with E-state index in [-0.39, 0.29) is 19.0 Å². The van der Waals surface area contributed by atoms with Crippen molar-refractivity contribution in [3.8, 4) is 17.1 Å². The summed E-state index contributed by atoms with van der Waals surface area (Å²) < 4.78 is 27.7. The van der Waals surface area contributed by atoms with Gasteiger partial charge in [-0.25, -0.2) is 4.39 Å². The number of esters is 1. The predicted molar refractivity (Wildman–Crippen MR) is 119 cm³/mol. The van der Waals surface area contributed by atoms with Gasteiger partial charge in [-0.2, -0.15) is 4.57 Å². The van der Waals surface area contributed by atoms with E-state index in [2.05, 4.69) is 0 Å². The van der Waals surface area contributed by atoms with E-state index in [9.17, 15) is 14.3 Å². The molecule has 1 atom stereocenters. The van der Waals surface area contributed by atoms with Crippen molar-refractivity contribution < 1.29 is 28.3 Å². The topological polar surface area (TPSA) is 80.3 Å². The van der Waals surface area contributed by atoms with Gasteiger partial charge in [0.05, 0.1) is 24.4 Å². The molecule has 1 aromatic heterocycles. The molecule has 0 bridgehead atoms. The molecule has 1 heterocycles. The molecule has 0 saturated carbocycles. The standard InChI is InChI=1S/C25H30FN3O4/c1-6-32-21(30)17-25(31,33-7-2)23-28(20-15-13-19(26)14-16-20)22(18-11-9-8-10-12-18)27-29(23)24(3,4)5/h8-16H,6-7,17H2,1-5H3. The molecule has 3 rings (SSSR count). The number of ether oxygens (including phenoxy) is 2. The smallest absolute Gasteiger partial charge is 0.314 e.